The minimum atomic E-state index is -1.32. The van der Waals surface area contributed by atoms with Gasteiger partial charge in [-0.25, -0.2) is 13.6 Å². The molecule has 1 rings (SSSR count). The van der Waals surface area contributed by atoms with E-state index in [2.05, 4.69) is 0 Å². The van der Waals surface area contributed by atoms with Gasteiger partial charge < -0.3 is 5.11 Å². The highest BCUT2D eigenvalue weighted by Crippen LogP contribution is 2.23. The maximum atomic E-state index is 13.0. The topological polar surface area (TPSA) is 37.3 Å². The molecule has 74 valence electrons. The fourth-order valence-electron chi connectivity index (χ4n) is 0.874. The number of carboxylic acids is 1. The number of halogens is 3. The van der Waals surface area contributed by atoms with Gasteiger partial charge in [-0.1, -0.05) is 23.7 Å². The summed E-state index contributed by atoms with van der Waals surface area (Å²) in [5.74, 6) is -3.55. The maximum Gasteiger partial charge on any atom is 0.329 e. The van der Waals surface area contributed by atoms with Crippen LogP contribution in [0.5, 0.6) is 0 Å². The van der Waals surface area contributed by atoms with E-state index >= 15 is 0 Å². The molecule has 0 saturated carbocycles. The highest BCUT2D eigenvalue weighted by Gasteiger charge is 2.10. The first-order valence-electron chi connectivity index (χ1n) is 3.57. The zero-order valence-electron chi connectivity index (χ0n) is 6.80. The van der Waals surface area contributed by atoms with E-state index in [9.17, 15) is 13.6 Å². The minimum absolute atomic E-state index is 0.269. The summed E-state index contributed by atoms with van der Waals surface area (Å²) < 4.78 is 25.7. The van der Waals surface area contributed by atoms with Gasteiger partial charge in [0, 0.05) is 11.6 Å². The first kappa shape index (κ1) is 10.7. The quantitative estimate of drug-likeness (QED) is 0.775. The van der Waals surface area contributed by atoms with E-state index in [1.807, 2.05) is 0 Å². The zero-order valence-corrected chi connectivity index (χ0v) is 7.55. The van der Waals surface area contributed by atoms with E-state index in [1.165, 1.54) is 12.1 Å². The molecule has 1 aromatic carbocycles. The first-order valence-corrected chi connectivity index (χ1v) is 3.94. The summed E-state index contributed by atoms with van der Waals surface area (Å²) in [5, 5.41) is 7.98. The van der Waals surface area contributed by atoms with Crippen molar-refractivity contribution >= 4 is 22.6 Å². The molecular weight excluding hydrogens is 214 g/mol. The van der Waals surface area contributed by atoms with Gasteiger partial charge in [-0.2, -0.15) is 0 Å². The molecular formula is C9H5ClF2O2. The number of benzene rings is 1. The smallest absolute Gasteiger partial charge is 0.329 e. The molecule has 1 N–H and O–H groups in total. The van der Waals surface area contributed by atoms with Crippen LogP contribution in [0.3, 0.4) is 0 Å². The van der Waals surface area contributed by atoms with Crippen molar-refractivity contribution in [3.63, 3.8) is 0 Å². The summed E-state index contributed by atoms with van der Waals surface area (Å²) >= 11 is 5.45. The summed E-state index contributed by atoms with van der Waals surface area (Å²) in [4.78, 5) is 10.2. The highest BCUT2D eigenvalue weighted by molar-refractivity contribution is 6.50. The lowest BCUT2D eigenvalue weighted by Gasteiger charge is -2.00. The van der Waals surface area contributed by atoms with Crippen LogP contribution in [0.15, 0.2) is 24.3 Å². The van der Waals surface area contributed by atoms with Crippen LogP contribution < -0.4 is 0 Å². The van der Waals surface area contributed by atoms with E-state index < -0.39 is 17.6 Å². The third-order valence-electron chi connectivity index (χ3n) is 1.46. The molecule has 0 aliphatic rings. The number of hydrogen-bond donors (Lipinski definition) is 1. The molecule has 0 aliphatic heterocycles. The third kappa shape index (κ3) is 2.29. The van der Waals surface area contributed by atoms with Crippen molar-refractivity contribution in [3.8, 4) is 0 Å². The molecule has 2 nitrogen and oxygen atoms in total. The van der Waals surface area contributed by atoms with Crippen LogP contribution in [-0.4, -0.2) is 11.1 Å². The Morgan fingerprint density at radius 3 is 2.64 bits per heavy atom. The molecule has 0 bridgehead atoms. The Kier molecular flexibility index (Phi) is 3.19. The van der Waals surface area contributed by atoms with E-state index in [1.54, 1.807) is 0 Å². The van der Waals surface area contributed by atoms with Gasteiger partial charge >= 0.3 is 5.97 Å². The van der Waals surface area contributed by atoms with Crippen LogP contribution >= 0.6 is 11.6 Å². The average molecular weight is 219 g/mol. The molecule has 0 aromatic heterocycles. The summed E-state index contributed by atoms with van der Waals surface area (Å²) in [7, 11) is 0. The van der Waals surface area contributed by atoms with Crippen LogP contribution in [0.4, 0.5) is 8.78 Å². The fraction of sp³-hybridized carbons (Fsp3) is 0. The molecule has 0 heterocycles. The monoisotopic (exact) mass is 218 g/mol. The van der Waals surface area contributed by atoms with Crippen molar-refractivity contribution in [3.05, 3.63) is 41.5 Å². The van der Waals surface area contributed by atoms with E-state index in [-0.39, 0.29) is 10.6 Å². The first-order chi connectivity index (χ1) is 6.52. The zero-order chi connectivity index (χ0) is 10.7. The van der Waals surface area contributed by atoms with E-state index in [0.29, 0.717) is 6.08 Å². The Balaban J connectivity index is 3.20. The van der Waals surface area contributed by atoms with Crippen molar-refractivity contribution in [1.29, 1.82) is 0 Å². The molecule has 0 amide bonds. The summed E-state index contributed by atoms with van der Waals surface area (Å²) in [5.41, 5.74) is -0.269. The van der Waals surface area contributed by atoms with Crippen molar-refractivity contribution in [2.24, 2.45) is 0 Å². The van der Waals surface area contributed by atoms with Gasteiger partial charge in [-0.3, -0.25) is 0 Å². The number of rotatable bonds is 2. The molecule has 1 aromatic rings. The lowest BCUT2D eigenvalue weighted by Crippen LogP contribution is -1.93. The fourth-order valence-corrected chi connectivity index (χ4v) is 1.11. The van der Waals surface area contributed by atoms with Gasteiger partial charge in [0.25, 0.3) is 0 Å². The van der Waals surface area contributed by atoms with Crippen molar-refractivity contribution < 1.29 is 18.7 Å². The molecule has 0 aliphatic carbocycles. The largest absolute Gasteiger partial charge is 0.478 e. The number of carbonyl (C=O) groups is 1. The van der Waals surface area contributed by atoms with Crippen LogP contribution in [0.1, 0.15) is 5.56 Å². The maximum absolute atomic E-state index is 13.0. The molecule has 0 saturated heterocycles. The van der Waals surface area contributed by atoms with Crippen LogP contribution in [0.2, 0.25) is 0 Å². The second-order valence-electron chi connectivity index (χ2n) is 2.43. The van der Waals surface area contributed by atoms with Gasteiger partial charge in [0.15, 0.2) is 11.6 Å². The highest BCUT2D eigenvalue weighted by atomic mass is 35.5. The van der Waals surface area contributed by atoms with Crippen molar-refractivity contribution in [2.45, 2.75) is 0 Å². The molecule has 5 heteroatoms. The Labute approximate surface area is 83.4 Å². The average Bonchev–Trinajstić information content (AvgIpc) is 2.08. The third-order valence-corrected chi connectivity index (χ3v) is 1.77. The summed E-state index contributed by atoms with van der Waals surface area (Å²) in [6.45, 7) is 0. The molecule has 0 fully saturated rings. The summed E-state index contributed by atoms with van der Waals surface area (Å²) in [6, 6.07) is 3.36. The lowest BCUT2D eigenvalue weighted by atomic mass is 10.2. The SMILES string of the molecule is O=C(O)/C=C(/Cl)c1cccc(F)c1F. The predicted octanol–water partition coefficient (Wildman–Crippen LogP) is 2.63. The Morgan fingerprint density at radius 2 is 2.07 bits per heavy atom. The second kappa shape index (κ2) is 4.19. The van der Waals surface area contributed by atoms with Gasteiger partial charge in [0.1, 0.15) is 0 Å². The standard InChI is InChI=1S/C9H5ClF2O2/c10-6(4-8(13)14)5-2-1-3-7(11)9(5)12/h1-4H,(H,13,14)/b6-4+. The van der Waals surface area contributed by atoms with Gasteiger partial charge in [-0.15, -0.1) is 0 Å². The van der Waals surface area contributed by atoms with Crippen LogP contribution in [0, 0.1) is 11.6 Å². The van der Waals surface area contributed by atoms with E-state index in [0.717, 1.165) is 6.07 Å². The number of carboxylic acid groups (broad SMARTS) is 1. The van der Waals surface area contributed by atoms with Gasteiger partial charge in [0.05, 0.1) is 5.03 Å². The van der Waals surface area contributed by atoms with Crippen LogP contribution in [0.25, 0.3) is 5.03 Å². The molecule has 0 spiro atoms. The van der Waals surface area contributed by atoms with Gasteiger partial charge in [-0.05, 0) is 6.07 Å². The Hall–Kier alpha value is -1.42. The van der Waals surface area contributed by atoms with Crippen molar-refractivity contribution in [2.75, 3.05) is 0 Å². The molecule has 0 radical (unpaired) electrons. The minimum Gasteiger partial charge on any atom is -0.478 e. The predicted molar refractivity (Wildman–Crippen MR) is 47.8 cm³/mol. The van der Waals surface area contributed by atoms with E-state index in [4.69, 9.17) is 16.7 Å². The molecule has 14 heavy (non-hydrogen) atoms. The molecule has 0 unspecified atom stereocenters. The summed E-state index contributed by atoms with van der Waals surface area (Å²) in [6.07, 6.45) is 0.597. The Morgan fingerprint density at radius 1 is 1.43 bits per heavy atom. The Bertz CT molecular complexity index is 402. The van der Waals surface area contributed by atoms with Crippen LogP contribution in [-0.2, 0) is 4.79 Å². The molecule has 0 atom stereocenters. The lowest BCUT2D eigenvalue weighted by molar-refractivity contribution is -0.131. The number of hydrogen-bond acceptors (Lipinski definition) is 1. The second-order valence-corrected chi connectivity index (χ2v) is 2.84. The normalized spacial score (nSPS) is 11.5. The number of aliphatic carboxylic acids is 1. The van der Waals surface area contributed by atoms with Gasteiger partial charge in [0.2, 0.25) is 0 Å². The van der Waals surface area contributed by atoms with Crippen molar-refractivity contribution in [1.82, 2.24) is 0 Å².